The Labute approximate surface area is 119 Å². The van der Waals surface area contributed by atoms with Crippen LogP contribution in [0.1, 0.15) is 18.1 Å². The first-order valence-electron chi connectivity index (χ1n) is 6.41. The molecule has 2 aromatic carbocycles. The molecule has 2 nitrogen and oxygen atoms in total. The Morgan fingerprint density at radius 1 is 1.11 bits per heavy atom. The second-order valence-corrected chi connectivity index (χ2v) is 4.80. The summed E-state index contributed by atoms with van der Waals surface area (Å²) in [6.45, 7) is 0.903. The number of hydrogen-bond donors (Lipinski definition) is 1. The zero-order valence-electron chi connectivity index (χ0n) is 11.0. The molecule has 1 N–H and O–H groups in total. The van der Waals surface area contributed by atoms with E-state index in [0.717, 1.165) is 18.7 Å². The van der Waals surface area contributed by atoms with Crippen LogP contribution in [0.5, 0.6) is 5.75 Å². The Morgan fingerprint density at radius 3 is 2.58 bits per heavy atom. The zero-order chi connectivity index (χ0) is 13.5. The van der Waals surface area contributed by atoms with Gasteiger partial charge in [0, 0.05) is 11.4 Å². The second-order valence-electron chi connectivity index (χ2n) is 4.37. The van der Waals surface area contributed by atoms with E-state index in [9.17, 15) is 0 Å². The number of rotatable bonds is 6. The van der Waals surface area contributed by atoms with Gasteiger partial charge < -0.3 is 10.1 Å². The van der Waals surface area contributed by atoms with Crippen LogP contribution in [0.4, 0.5) is 0 Å². The molecular formula is C16H18ClNO. The lowest BCUT2D eigenvalue weighted by Gasteiger charge is -2.19. The largest absolute Gasteiger partial charge is 0.486 e. The fourth-order valence-corrected chi connectivity index (χ4v) is 2.12. The third kappa shape index (κ3) is 4.27. The summed E-state index contributed by atoms with van der Waals surface area (Å²) < 4.78 is 6.06. The molecule has 0 aliphatic heterocycles. The first-order valence-corrected chi connectivity index (χ1v) is 6.79. The summed E-state index contributed by atoms with van der Waals surface area (Å²) in [5.41, 5.74) is 1.18. The average molecular weight is 276 g/mol. The summed E-state index contributed by atoms with van der Waals surface area (Å²) in [4.78, 5) is 0. The first kappa shape index (κ1) is 13.9. The van der Waals surface area contributed by atoms with E-state index in [1.165, 1.54) is 5.56 Å². The minimum Gasteiger partial charge on any atom is -0.486 e. The van der Waals surface area contributed by atoms with Crippen molar-refractivity contribution >= 4 is 11.6 Å². The van der Waals surface area contributed by atoms with Crippen LogP contribution in [0.3, 0.4) is 0 Å². The van der Waals surface area contributed by atoms with Gasteiger partial charge in [-0.2, -0.15) is 0 Å². The Balaban J connectivity index is 2.14. The lowest BCUT2D eigenvalue weighted by molar-refractivity contribution is 0.195. The van der Waals surface area contributed by atoms with Gasteiger partial charge in [0.2, 0.25) is 0 Å². The van der Waals surface area contributed by atoms with Gasteiger partial charge in [-0.25, -0.2) is 0 Å². The molecule has 0 saturated carbocycles. The molecule has 2 rings (SSSR count). The van der Waals surface area contributed by atoms with E-state index in [4.69, 9.17) is 16.3 Å². The summed E-state index contributed by atoms with van der Waals surface area (Å²) in [7, 11) is 1.95. The van der Waals surface area contributed by atoms with Gasteiger partial charge in [-0.3, -0.25) is 0 Å². The molecule has 0 amide bonds. The van der Waals surface area contributed by atoms with Crippen molar-refractivity contribution in [1.82, 2.24) is 5.32 Å². The van der Waals surface area contributed by atoms with E-state index in [1.54, 1.807) is 0 Å². The summed E-state index contributed by atoms with van der Waals surface area (Å²) in [6.07, 6.45) is 0.944. The lowest BCUT2D eigenvalue weighted by atomic mass is 10.1. The summed E-state index contributed by atoms with van der Waals surface area (Å²) >= 11 is 5.99. The van der Waals surface area contributed by atoms with Gasteiger partial charge in [-0.1, -0.05) is 48.0 Å². The Bertz CT molecular complexity index is 501. The number of hydrogen-bond acceptors (Lipinski definition) is 2. The van der Waals surface area contributed by atoms with Gasteiger partial charge in [-0.15, -0.1) is 0 Å². The van der Waals surface area contributed by atoms with Crippen molar-refractivity contribution in [1.29, 1.82) is 0 Å². The van der Waals surface area contributed by atoms with Crippen molar-refractivity contribution in [2.45, 2.75) is 12.5 Å². The Morgan fingerprint density at radius 2 is 1.89 bits per heavy atom. The quantitative estimate of drug-likeness (QED) is 0.858. The summed E-state index contributed by atoms with van der Waals surface area (Å²) in [5.74, 6) is 0.803. The van der Waals surface area contributed by atoms with Crippen LogP contribution in [0.2, 0.25) is 5.02 Å². The molecule has 0 bridgehead atoms. The Kier molecular flexibility index (Phi) is 5.25. The number of halogens is 1. The summed E-state index contributed by atoms with van der Waals surface area (Å²) in [5, 5.41) is 3.85. The molecule has 0 saturated heterocycles. The maximum Gasteiger partial charge on any atom is 0.125 e. The van der Waals surface area contributed by atoms with E-state index in [1.807, 2.05) is 49.5 Å². The molecule has 0 aliphatic carbocycles. The molecule has 1 unspecified atom stereocenters. The van der Waals surface area contributed by atoms with E-state index >= 15 is 0 Å². The van der Waals surface area contributed by atoms with E-state index in [-0.39, 0.29) is 6.10 Å². The van der Waals surface area contributed by atoms with Gasteiger partial charge >= 0.3 is 0 Å². The lowest BCUT2D eigenvalue weighted by Crippen LogP contribution is -2.16. The van der Waals surface area contributed by atoms with Crippen LogP contribution >= 0.6 is 11.6 Å². The molecular weight excluding hydrogens is 258 g/mol. The number of benzene rings is 2. The molecule has 0 radical (unpaired) electrons. The highest BCUT2D eigenvalue weighted by Gasteiger charge is 2.12. The maximum absolute atomic E-state index is 6.06. The van der Waals surface area contributed by atoms with Crippen molar-refractivity contribution in [2.24, 2.45) is 0 Å². The van der Waals surface area contributed by atoms with Gasteiger partial charge in [-0.05, 0) is 37.4 Å². The van der Waals surface area contributed by atoms with Gasteiger partial charge in [0.25, 0.3) is 0 Å². The smallest absolute Gasteiger partial charge is 0.125 e. The molecule has 100 valence electrons. The highest BCUT2D eigenvalue weighted by molar-refractivity contribution is 6.30. The topological polar surface area (TPSA) is 21.3 Å². The normalized spacial score (nSPS) is 12.1. The van der Waals surface area contributed by atoms with Crippen LogP contribution in [0.15, 0.2) is 54.6 Å². The fraction of sp³-hybridized carbons (Fsp3) is 0.250. The molecule has 0 heterocycles. The second kappa shape index (κ2) is 7.17. The minimum atomic E-state index is 0.0344. The zero-order valence-corrected chi connectivity index (χ0v) is 11.7. The Hall–Kier alpha value is -1.51. The molecule has 1 atom stereocenters. The highest BCUT2D eigenvalue weighted by atomic mass is 35.5. The van der Waals surface area contributed by atoms with Gasteiger partial charge in [0.15, 0.2) is 0 Å². The first-order chi connectivity index (χ1) is 9.29. The van der Waals surface area contributed by atoms with E-state index < -0.39 is 0 Å². The molecule has 0 spiro atoms. The molecule has 0 aliphatic rings. The van der Waals surface area contributed by atoms with Crippen LogP contribution in [0.25, 0.3) is 0 Å². The molecule has 0 fully saturated rings. The van der Waals surface area contributed by atoms with Crippen molar-refractivity contribution < 1.29 is 4.74 Å². The molecule has 2 aromatic rings. The molecule has 0 aromatic heterocycles. The number of nitrogens with one attached hydrogen (secondary N) is 1. The van der Waals surface area contributed by atoms with Crippen LogP contribution in [-0.4, -0.2) is 13.6 Å². The molecule has 3 heteroatoms. The van der Waals surface area contributed by atoms with Crippen molar-refractivity contribution in [3.05, 3.63) is 65.2 Å². The predicted octanol–water partition coefficient (Wildman–Crippen LogP) is 4.07. The third-order valence-corrected chi connectivity index (χ3v) is 3.14. The van der Waals surface area contributed by atoms with Crippen molar-refractivity contribution in [3.63, 3.8) is 0 Å². The fourth-order valence-electron chi connectivity index (χ4n) is 1.94. The van der Waals surface area contributed by atoms with Crippen LogP contribution in [-0.2, 0) is 0 Å². The van der Waals surface area contributed by atoms with E-state index in [0.29, 0.717) is 5.02 Å². The molecule has 19 heavy (non-hydrogen) atoms. The van der Waals surface area contributed by atoms with Gasteiger partial charge in [0.05, 0.1) is 0 Å². The third-order valence-electron chi connectivity index (χ3n) is 2.90. The van der Waals surface area contributed by atoms with E-state index in [2.05, 4.69) is 17.4 Å². The van der Waals surface area contributed by atoms with Crippen molar-refractivity contribution in [3.8, 4) is 5.75 Å². The number of ether oxygens (including phenoxy) is 1. The monoisotopic (exact) mass is 275 g/mol. The standard InChI is InChI=1S/C16H18ClNO/c1-18-11-10-16(13-6-3-2-4-7-13)19-15-9-5-8-14(17)12-15/h2-9,12,16,18H,10-11H2,1H3. The highest BCUT2D eigenvalue weighted by Crippen LogP contribution is 2.26. The minimum absolute atomic E-state index is 0.0344. The van der Waals surface area contributed by atoms with Gasteiger partial charge in [0.1, 0.15) is 11.9 Å². The van der Waals surface area contributed by atoms with Crippen LogP contribution < -0.4 is 10.1 Å². The SMILES string of the molecule is CNCCC(Oc1cccc(Cl)c1)c1ccccc1. The average Bonchev–Trinajstić information content (AvgIpc) is 2.44. The summed E-state index contributed by atoms with van der Waals surface area (Å²) in [6, 6.07) is 17.8. The van der Waals surface area contributed by atoms with Crippen molar-refractivity contribution in [2.75, 3.05) is 13.6 Å². The predicted molar refractivity (Wildman–Crippen MR) is 79.8 cm³/mol. The maximum atomic E-state index is 6.06. The van der Waals surface area contributed by atoms with Crippen LogP contribution in [0, 0.1) is 0 Å².